The number of hydrogen-bond donors (Lipinski definition) is 0. The standard InChI is InChI=1S/C19H23ClN2O3/c20-16-3-1-2-4-17(16)25-15-7-9-21(10-8-15)19(24)13-11-18(23)22(12-13)14-5-6-14/h1-4,13-15H,5-12H2/t13-/m0/s1. The van der Waals surface area contributed by atoms with Gasteiger partial charge in [-0.25, -0.2) is 0 Å². The highest BCUT2D eigenvalue weighted by Gasteiger charge is 2.43. The van der Waals surface area contributed by atoms with E-state index in [2.05, 4.69) is 0 Å². The molecule has 0 bridgehead atoms. The molecule has 2 saturated heterocycles. The van der Waals surface area contributed by atoms with Crippen LogP contribution in [0.3, 0.4) is 0 Å². The number of benzene rings is 1. The smallest absolute Gasteiger partial charge is 0.227 e. The quantitative estimate of drug-likeness (QED) is 0.827. The topological polar surface area (TPSA) is 49.9 Å². The fraction of sp³-hybridized carbons (Fsp3) is 0.579. The van der Waals surface area contributed by atoms with E-state index in [9.17, 15) is 9.59 Å². The molecule has 3 aliphatic rings. The van der Waals surface area contributed by atoms with Crippen molar-refractivity contribution in [3.8, 4) is 5.75 Å². The average Bonchev–Trinajstić information content (AvgIpc) is 3.39. The van der Waals surface area contributed by atoms with Gasteiger partial charge in [0.2, 0.25) is 11.8 Å². The highest BCUT2D eigenvalue weighted by Crippen LogP contribution is 2.33. The van der Waals surface area contributed by atoms with Crippen LogP contribution in [-0.2, 0) is 9.59 Å². The van der Waals surface area contributed by atoms with Gasteiger partial charge < -0.3 is 14.5 Å². The number of rotatable bonds is 4. The van der Waals surface area contributed by atoms with Crippen LogP contribution in [0.2, 0.25) is 5.02 Å². The lowest BCUT2D eigenvalue weighted by Crippen LogP contribution is -2.45. The van der Waals surface area contributed by atoms with Crippen molar-refractivity contribution in [1.82, 2.24) is 9.80 Å². The van der Waals surface area contributed by atoms with E-state index in [4.69, 9.17) is 16.3 Å². The van der Waals surface area contributed by atoms with Gasteiger partial charge in [0.1, 0.15) is 11.9 Å². The molecule has 1 saturated carbocycles. The van der Waals surface area contributed by atoms with Gasteiger partial charge in [0.25, 0.3) is 0 Å². The summed E-state index contributed by atoms with van der Waals surface area (Å²) in [7, 11) is 0. The number of hydrogen-bond acceptors (Lipinski definition) is 3. The van der Waals surface area contributed by atoms with E-state index in [1.54, 1.807) is 0 Å². The van der Waals surface area contributed by atoms with Gasteiger partial charge in [-0.3, -0.25) is 9.59 Å². The molecule has 6 heteroatoms. The van der Waals surface area contributed by atoms with Crippen molar-refractivity contribution in [1.29, 1.82) is 0 Å². The van der Waals surface area contributed by atoms with Crippen molar-refractivity contribution >= 4 is 23.4 Å². The van der Waals surface area contributed by atoms with Crippen LogP contribution in [0.15, 0.2) is 24.3 Å². The SMILES string of the molecule is O=C([C@H]1CC(=O)N(C2CC2)C1)N1CCC(Oc2ccccc2Cl)CC1. The summed E-state index contributed by atoms with van der Waals surface area (Å²) < 4.78 is 5.98. The fourth-order valence-electron chi connectivity index (χ4n) is 3.81. The molecule has 1 atom stereocenters. The Morgan fingerprint density at radius 2 is 1.84 bits per heavy atom. The first kappa shape index (κ1) is 16.7. The van der Waals surface area contributed by atoms with Crippen molar-refractivity contribution in [2.75, 3.05) is 19.6 Å². The Morgan fingerprint density at radius 3 is 2.52 bits per heavy atom. The van der Waals surface area contributed by atoms with Crippen LogP contribution < -0.4 is 4.74 Å². The number of para-hydroxylation sites is 1. The largest absolute Gasteiger partial charge is 0.489 e. The van der Waals surface area contributed by atoms with Crippen LogP contribution >= 0.6 is 11.6 Å². The number of likely N-dealkylation sites (tertiary alicyclic amines) is 2. The lowest BCUT2D eigenvalue weighted by Gasteiger charge is -2.33. The van der Waals surface area contributed by atoms with Crippen molar-refractivity contribution in [2.45, 2.75) is 44.2 Å². The molecular formula is C19H23ClN2O3. The minimum atomic E-state index is -0.158. The predicted octanol–water partition coefficient (Wildman–Crippen LogP) is 2.72. The molecule has 0 N–H and O–H groups in total. The van der Waals surface area contributed by atoms with E-state index in [1.807, 2.05) is 34.1 Å². The molecular weight excluding hydrogens is 340 g/mol. The van der Waals surface area contributed by atoms with Gasteiger partial charge >= 0.3 is 0 Å². The number of ether oxygens (including phenoxy) is 1. The van der Waals surface area contributed by atoms with Gasteiger partial charge in [-0.05, 0) is 25.0 Å². The molecule has 4 rings (SSSR count). The summed E-state index contributed by atoms with van der Waals surface area (Å²) in [5, 5.41) is 0.616. The summed E-state index contributed by atoms with van der Waals surface area (Å²) in [6.45, 7) is 1.97. The molecule has 1 aromatic carbocycles. The van der Waals surface area contributed by atoms with Crippen LogP contribution in [0, 0.1) is 5.92 Å². The van der Waals surface area contributed by atoms with Gasteiger partial charge in [-0.1, -0.05) is 23.7 Å². The molecule has 0 aromatic heterocycles. The fourth-order valence-corrected chi connectivity index (χ4v) is 3.99. The predicted molar refractivity (Wildman–Crippen MR) is 94.5 cm³/mol. The first-order chi connectivity index (χ1) is 12.1. The normalized spacial score (nSPS) is 24.7. The maximum Gasteiger partial charge on any atom is 0.227 e. The molecule has 134 valence electrons. The molecule has 25 heavy (non-hydrogen) atoms. The van der Waals surface area contributed by atoms with Crippen LogP contribution in [-0.4, -0.2) is 53.4 Å². The molecule has 0 unspecified atom stereocenters. The lowest BCUT2D eigenvalue weighted by molar-refractivity contribution is -0.137. The molecule has 5 nitrogen and oxygen atoms in total. The Morgan fingerprint density at radius 1 is 1.12 bits per heavy atom. The highest BCUT2D eigenvalue weighted by molar-refractivity contribution is 6.32. The van der Waals surface area contributed by atoms with Gasteiger partial charge in [0.05, 0.1) is 10.9 Å². The molecule has 2 heterocycles. The second kappa shape index (κ2) is 6.87. The monoisotopic (exact) mass is 362 g/mol. The van der Waals surface area contributed by atoms with Crippen molar-refractivity contribution in [3.63, 3.8) is 0 Å². The summed E-state index contributed by atoms with van der Waals surface area (Å²) in [5.74, 6) is 0.829. The minimum Gasteiger partial charge on any atom is -0.489 e. The summed E-state index contributed by atoms with van der Waals surface area (Å²) >= 11 is 6.14. The number of nitrogens with zero attached hydrogens (tertiary/aromatic N) is 2. The Kier molecular flexibility index (Phi) is 4.59. The Balaban J connectivity index is 1.29. The van der Waals surface area contributed by atoms with Crippen LogP contribution in [0.1, 0.15) is 32.1 Å². The number of halogens is 1. The molecule has 0 radical (unpaired) electrons. The van der Waals surface area contributed by atoms with Gasteiger partial charge in [-0.15, -0.1) is 0 Å². The molecule has 3 fully saturated rings. The molecule has 0 spiro atoms. The van der Waals surface area contributed by atoms with Crippen LogP contribution in [0.5, 0.6) is 5.75 Å². The molecule has 2 amide bonds. The third-order valence-electron chi connectivity index (χ3n) is 5.38. The van der Waals surface area contributed by atoms with Crippen molar-refractivity contribution in [3.05, 3.63) is 29.3 Å². The summed E-state index contributed by atoms with van der Waals surface area (Å²) in [6.07, 6.45) is 4.24. The number of piperidine rings is 1. The second-order valence-electron chi connectivity index (χ2n) is 7.25. The van der Waals surface area contributed by atoms with Gasteiger partial charge in [-0.2, -0.15) is 0 Å². The number of amides is 2. The Bertz CT molecular complexity index is 668. The molecule has 2 aliphatic heterocycles. The summed E-state index contributed by atoms with van der Waals surface area (Å²) in [4.78, 5) is 28.6. The van der Waals surface area contributed by atoms with E-state index >= 15 is 0 Å². The highest BCUT2D eigenvalue weighted by atomic mass is 35.5. The zero-order valence-corrected chi connectivity index (χ0v) is 15.0. The maximum atomic E-state index is 12.7. The van der Waals surface area contributed by atoms with E-state index in [0.29, 0.717) is 42.9 Å². The van der Waals surface area contributed by atoms with Crippen LogP contribution in [0.25, 0.3) is 0 Å². The van der Waals surface area contributed by atoms with E-state index in [1.165, 1.54) is 0 Å². The summed E-state index contributed by atoms with van der Waals surface area (Å²) in [5.41, 5.74) is 0. The molecule has 1 aromatic rings. The van der Waals surface area contributed by atoms with Gasteiger partial charge in [0.15, 0.2) is 0 Å². The first-order valence-corrected chi connectivity index (χ1v) is 9.49. The lowest BCUT2D eigenvalue weighted by atomic mass is 10.0. The zero-order chi connectivity index (χ0) is 17.4. The van der Waals surface area contributed by atoms with E-state index in [0.717, 1.165) is 25.7 Å². The third kappa shape index (κ3) is 3.61. The minimum absolute atomic E-state index is 0.0807. The summed E-state index contributed by atoms with van der Waals surface area (Å²) in [6, 6.07) is 7.88. The van der Waals surface area contributed by atoms with Crippen LogP contribution in [0.4, 0.5) is 0 Å². The van der Waals surface area contributed by atoms with Gasteiger partial charge in [0, 0.05) is 44.9 Å². The van der Waals surface area contributed by atoms with Crippen molar-refractivity contribution in [2.24, 2.45) is 5.92 Å². The second-order valence-corrected chi connectivity index (χ2v) is 7.66. The first-order valence-electron chi connectivity index (χ1n) is 9.11. The zero-order valence-electron chi connectivity index (χ0n) is 14.2. The number of carbonyl (C=O) groups is 2. The maximum absolute atomic E-state index is 12.7. The molecule has 1 aliphatic carbocycles. The third-order valence-corrected chi connectivity index (χ3v) is 5.69. The average molecular weight is 363 g/mol. The van der Waals surface area contributed by atoms with E-state index in [-0.39, 0.29) is 23.8 Å². The number of carbonyl (C=O) groups excluding carboxylic acids is 2. The van der Waals surface area contributed by atoms with E-state index < -0.39 is 0 Å². The Labute approximate surface area is 152 Å². The Hall–Kier alpha value is -1.75. The van der Waals surface area contributed by atoms with Crippen molar-refractivity contribution < 1.29 is 14.3 Å².